The Hall–Kier alpha value is -3.86. The minimum atomic E-state index is -1.99. The molecule has 0 aromatic heterocycles. The lowest BCUT2D eigenvalue weighted by Crippen LogP contribution is -2.59. The molecule has 7 heteroatoms. The molecule has 196 valence electrons. The predicted molar refractivity (Wildman–Crippen MR) is 142 cm³/mol. The van der Waals surface area contributed by atoms with Crippen molar-refractivity contribution < 1.29 is 14.2 Å². The number of rotatable bonds is 11. The summed E-state index contributed by atoms with van der Waals surface area (Å²) < 4.78 is 18.2. The van der Waals surface area contributed by atoms with Gasteiger partial charge in [-0.05, 0) is 36.1 Å². The van der Waals surface area contributed by atoms with E-state index in [9.17, 15) is 15.8 Å². The molecule has 0 saturated carbocycles. The molecule has 2 aromatic rings. The SMILES string of the molecule is CCCCCCCCOc1ccc(C2OC3(C)OC(=N)C(C#N)(C3Cc3ccccc3)C2(C#N)C#N)cc1. The molecule has 0 spiro atoms. The molecule has 7 nitrogen and oxygen atoms in total. The summed E-state index contributed by atoms with van der Waals surface area (Å²) in [6, 6.07) is 23.0. The number of ether oxygens (including phenoxy) is 3. The van der Waals surface area contributed by atoms with Crippen LogP contribution >= 0.6 is 0 Å². The van der Waals surface area contributed by atoms with Gasteiger partial charge >= 0.3 is 0 Å². The van der Waals surface area contributed by atoms with E-state index in [4.69, 9.17) is 19.6 Å². The number of benzene rings is 2. The molecule has 2 heterocycles. The highest BCUT2D eigenvalue weighted by molar-refractivity contribution is 5.89. The standard InChI is InChI=1S/C31H34N4O3/c1-3-4-5-6-7-11-18-36-25-16-14-24(15-17-25)27-30(20-32,21-33)31(22-34)26(19-23-12-9-8-10-13-23)29(2,37-27)38-28(31)35/h8-10,12-17,26-27,35H,3-7,11,18-19H2,1-2H3. The van der Waals surface area contributed by atoms with E-state index in [1.165, 1.54) is 25.7 Å². The minimum absolute atomic E-state index is 0.316. The number of nitrogens with one attached hydrogen (secondary N) is 1. The number of nitriles is 3. The quantitative estimate of drug-likeness (QED) is 0.339. The van der Waals surface area contributed by atoms with Crippen LogP contribution in [0.25, 0.3) is 0 Å². The highest BCUT2D eigenvalue weighted by Crippen LogP contribution is 2.67. The predicted octanol–water partition coefficient (Wildman–Crippen LogP) is 6.62. The molecule has 2 aliphatic heterocycles. The van der Waals surface area contributed by atoms with Crippen molar-refractivity contribution in [3.63, 3.8) is 0 Å². The van der Waals surface area contributed by atoms with Gasteiger partial charge in [-0.2, -0.15) is 15.8 Å². The molecule has 38 heavy (non-hydrogen) atoms. The first-order valence-corrected chi connectivity index (χ1v) is 13.4. The first kappa shape index (κ1) is 27.2. The molecule has 4 unspecified atom stereocenters. The average molecular weight is 511 g/mol. The van der Waals surface area contributed by atoms with Crippen molar-refractivity contribution in [1.82, 2.24) is 0 Å². The van der Waals surface area contributed by atoms with E-state index in [2.05, 4.69) is 25.1 Å². The van der Waals surface area contributed by atoms with Gasteiger partial charge in [0, 0.05) is 6.92 Å². The Labute approximate surface area is 225 Å². The zero-order valence-electron chi connectivity index (χ0n) is 22.1. The fourth-order valence-corrected chi connectivity index (χ4v) is 5.85. The van der Waals surface area contributed by atoms with Gasteiger partial charge in [0.1, 0.15) is 11.9 Å². The van der Waals surface area contributed by atoms with E-state index in [-0.39, 0.29) is 0 Å². The number of nitrogens with zero attached hydrogens (tertiary/aromatic N) is 3. The van der Waals surface area contributed by atoms with Crippen LogP contribution in [0.1, 0.15) is 69.6 Å². The fraction of sp³-hybridized carbons (Fsp3) is 0.484. The van der Waals surface area contributed by atoms with Gasteiger partial charge in [-0.1, -0.05) is 81.5 Å². The molecule has 2 aromatic carbocycles. The number of fused-ring (bicyclic) bond motifs is 2. The molecule has 2 aliphatic rings. The van der Waals surface area contributed by atoms with Crippen molar-refractivity contribution in [2.75, 3.05) is 6.61 Å². The summed E-state index contributed by atoms with van der Waals surface area (Å²) in [6.07, 6.45) is 6.29. The van der Waals surface area contributed by atoms with Crippen LogP contribution in [0, 0.1) is 56.2 Å². The molecular weight excluding hydrogens is 476 g/mol. The number of hydrogen-bond donors (Lipinski definition) is 1. The zero-order chi connectivity index (χ0) is 27.2. The number of unbranched alkanes of at least 4 members (excludes halogenated alkanes) is 5. The summed E-state index contributed by atoms with van der Waals surface area (Å²) in [5.74, 6) is -1.80. The van der Waals surface area contributed by atoms with Crippen LogP contribution in [0.15, 0.2) is 54.6 Å². The third kappa shape index (κ3) is 4.51. The highest BCUT2D eigenvalue weighted by atomic mass is 16.7. The average Bonchev–Trinajstić information content (AvgIpc) is 3.10. The summed E-state index contributed by atoms with van der Waals surface area (Å²) in [6.45, 7) is 4.51. The Kier molecular flexibility index (Phi) is 8.05. The Morgan fingerprint density at radius 3 is 2.18 bits per heavy atom. The van der Waals surface area contributed by atoms with Crippen molar-refractivity contribution in [3.05, 3.63) is 65.7 Å². The lowest BCUT2D eigenvalue weighted by atomic mass is 9.52. The Balaban J connectivity index is 1.60. The van der Waals surface area contributed by atoms with Gasteiger partial charge in [0.25, 0.3) is 0 Å². The third-order valence-electron chi connectivity index (χ3n) is 7.95. The maximum absolute atomic E-state index is 10.5. The molecule has 2 fully saturated rings. The smallest absolute Gasteiger partial charge is 0.215 e. The molecule has 0 aliphatic carbocycles. The molecule has 0 radical (unpaired) electrons. The van der Waals surface area contributed by atoms with E-state index in [1.807, 2.05) is 30.3 Å². The molecule has 4 rings (SSSR count). The van der Waals surface area contributed by atoms with Gasteiger partial charge in [0.2, 0.25) is 17.1 Å². The lowest BCUT2D eigenvalue weighted by molar-refractivity contribution is -0.272. The maximum atomic E-state index is 10.5. The molecule has 2 saturated heterocycles. The molecule has 4 atom stereocenters. The maximum Gasteiger partial charge on any atom is 0.215 e. The van der Waals surface area contributed by atoms with Gasteiger partial charge in [-0.3, -0.25) is 5.41 Å². The summed E-state index contributed by atoms with van der Waals surface area (Å²) in [7, 11) is 0. The van der Waals surface area contributed by atoms with E-state index in [1.54, 1.807) is 31.2 Å². The van der Waals surface area contributed by atoms with E-state index in [0.29, 0.717) is 24.3 Å². The van der Waals surface area contributed by atoms with E-state index in [0.717, 1.165) is 18.4 Å². The normalized spacial score (nSPS) is 27.0. The van der Waals surface area contributed by atoms with Crippen molar-refractivity contribution in [3.8, 4) is 24.0 Å². The largest absolute Gasteiger partial charge is 0.494 e. The van der Waals surface area contributed by atoms with Crippen LogP contribution in [0.3, 0.4) is 0 Å². The van der Waals surface area contributed by atoms with Gasteiger partial charge in [0.05, 0.1) is 30.7 Å². The summed E-state index contributed by atoms with van der Waals surface area (Å²) in [4.78, 5) is 0. The minimum Gasteiger partial charge on any atom is -0.494 e. The van der Waals surface area contributed by atoms with E-state index >= 15 is 0 Å². The molecular formula is C31H34N4O3. The topological polar surface area (TPSA) is 123 Å². The molecule has 0 amide bonds. The fourth-order valence-electron chi connectivity index (χ4n) is 5.85. The highest BCUT2D eigenvalue weighted by Gasteiger charge is 2.79. The van der Waals surface area contributed by atoms with Crippen LogP contribution in [0.4, 0.5) is 0 Å². The van der Waals surface area contributed by atoms with Gasteiger partial charge in [-0.25, -0.2) is 0 Å². The first-order chi connectivity index (χ1) is 18.4. The second kappa shape index (κ2) is 11.3. The Morgan fingerprint density at radius 1 is 0.895 bits per heavy atom. The monoisotopic (exact) mass is 510 g/mol. The van der Waals surface area contributed by atoms with Gasteiger partial charge in [0.15, 0.2) is 5.41 Å². The molecule has 1 N–H and O–H groups in total. The van der Waals surface area contributed by atoms with Crippen LogP contribution < -0.4 is 4.74 Å². The second-order valence-electron chi connectivity index (χ2n) is 10.3. The van der Waals surface area contributed by atoms with Crippen LogP contribution in [-0.4, -0.2) is 18.3 Å². The third-order valence-corrected chi connectivity index (χ3v) is 7.95. The second-order valence-corrected chi connectivity index (χ2v) is 10.3. The summed E-state index contributed by atoms with van der Waals surface area (Å²) in [5.41, 5.74) is -2.34. The van der Waals surface area contributed by atoms with Crippen LogP contribution in [0.5, 0.6) is 5.75 Å². The number of hydrogen-bond acceptors (Lipinski definition) is 7. The van der Waals surface area contributed by atoms with Crippen molar-refractivity contribution in [1.29, 1.82) is 21.2 Å². The lowest BCUT2D eigenvalue weighted by Gasteiger charge is -2.48. The Morgan fingerprint density at radius 2 is 1.55 bits per heavy atom. The van der Waals surface area contributed by atoms with Crippen molar-refractivity contribution >= 4 is 5.90 Å². The summed E-state index contributed by atoms with van der Waals surface area (Å²) >= 11 is 0. The van der Waals surface area contributed by atoms with Crippen molar-refractivity contribution in [2.45, 2.75) is 70.7 Å². The van der Waals surface area contributed by atoms with Crippen molar-refractivity contribution in [2.24, 2.45) is 16.7 Å². The van der Waals surface area contributed by atoms with Crippen LogP contribution in [0.2, 0.25) is 0 Å². The Bertz CT molecular complexity index is 1240. The summed E-state index contributed by atoms with van der Waals surface area (Å²) in [5, 5.41) is 40.2. The zero-order valence-corrected chi connectivity index (χ0v) is 22.1. The van der Waals surface area contributed by atoms with E-state index < -0.39 is 34.5 Å². The van der Waals surface area contributed by atoms with Crippen LogP contribution in [-0.2, 0) is 15.9 Å². The first-order valence-electron chi connectivity index (χ1n) is 13.4. The molecule has 2 bridgehead atoms. The van der Waals surface area contributed by atoms with Gasteiger partial charge in [-0.15, -0.1) is 0 Å². The van der Waals surface area contributed by atoms with Gasteiger partial charge < -0.3 is 14.2 Å².